The van der Waals surface area contributed by atoms with E-state index in [9.17, 15) is 9.59 Å². The van der Waals surface area contributed by atoms with Crippen LogP contribution in [0.2, 0.25) is 5.02 Å². The molecule has 158 valence electrons. The van der Waals surface area contributed by atoms with Gasteiger partial charge in [-0.3, -0.25) is 14.5 Å². The highest BCUT2D eigenvalue weighted by Gasteiger charge is 2.37. The zero-order chi connectivity index (χ0) is 21.7. The lowest BCUT2D eigenvalue weighted by Gasteiger charge is -2.19. The van der Waals surface area contributed by atoms with E-state index in [1.54, 1.807) is 6.08 Å². The molecule has 0 saturated carbocycles. The molecule has 0 spiro atoms. The SMILES string of the molecule is CCOc1cc(/C=C2/SC(=O)N([C@@H](C)CC)C2=O)ccc1OCc1ccc(Cl)cc1. The number of halogens is 1. The van der Waals surface area contributed by atoms with Gasteiger partial charge in [0.1, 0.15) is 6.61 Å². The third-order valence-corrected chi connectivity index (χ3v) is 5.86. The minimum atomic E-state index is -0.250. The predicted molar refractivity (Wildman–Crippen MR) is 121 cm³/mol. The Hall–Kier alpha value is -2.44. The van der Waals surface area contributed by atoms with E-state index < -0.39 is 0 Å². The van der Waals surface area contributed by atoms with Crippen LogP contribution in [0.25, 0.3) is 6.08 Å². The smallest absolute Gasteiger partial charge is 0.293 e. The summed E-state index contributed by atoms with van der Waals surface area (Å²) < 4.78 is 11.6. The van der Waals surface area contributed by atoms with E-state index in [2.05, 4.69) is 0 Å². The van der Waals surface area contributed by atoms with E-state index in [-0.39, 0.29) is 17.2 Å². The fourth-order valence-electron chi connectivity index (χ4n) is 2.94. The van der Waals surface area contributed by atoms with Gasteiger partial charge in [-0.2, -0.15) is 0 Å². The molecular formula is C23H24ClNO4S. The van der Waals surface area contributed by atoms with Crippen molar-refractivity contribution in [2.45, 2.75) is 39.8 Å². The minimum Gasteiger partial charge on any atom is -0.490 e. The zero-order valence-corrected chi connectivity index (χ0v) is 18.8. The predicted octanol–water partition coefficient (Wildman–Crippen LogP) is 6.15. The summed E-state index contributed by atoms with van der Waals surface area (Å²) in [5.74, 6) is 0.943. The maximum Gasteiger partial charge on any atom is 0.293 e. The van der Waals surface area contributed by atoms with Crippen LogP contribution < -0.4 is 9.47 Å². The van der Waals surface area contributed by atoms with Crippen LogP contribution in [0.3, 0.4) is 0 Å². The largest absolute Gasteiger partial charge is 0.490 e. The summed E-state index contributed by atoms with van der Waals surface area (Å²) in [4.78, 5) is 26.6. The summed E-state index contributed by atoms with van der Waals surface area (Å²) in [6.45, 7) is 6.58. The Bertz CT molecular complexity index is 958. The van der Waals surface area contributed by atoms with Gasteiger partial charge in [0.15, 0.2) is 11.5 Å². The summed E-state index contributed by atoms with van der Waals surface area (Å²) in [6, 6.07) is 12.8. The van der Waals surface area contributed by atoms with E-state index in [0.717, 1.165) is 29.3 Å². The van der Waals surface area contributed by atoms with Gasteiger partial charge in [-0.1, -0.05) is 36.7 Å². The number of hydrogen-bond acceptors (Lipinski definition) is 5. The molecule has 1 heterocycles. The fraction of sp³-hybridized carbons (Fsp3) is 0.304. The standard InChI is InChI=1S/C23H24ClNO4S/c1-4-15(3)25-22(26)21(30-23(25)27)13-17-8-11-19(20(12-17)28-5-2)29-14-16-6-9-18(24)10-7-16/h6-13,15H,4-5,14H2,1-3H3/b21-13+/t15-/m0/s1. The second kappa shape index (κ2) is 10.0. The number of amides is 2. The average Bonchev–Trinajstić information content (AvgIpc) is 3.01. The molecular weight excluding hydrogens is 422 g/mol. The maximum atomic E-state index is 12.6. The molecule has 1 saturated heterocycles. The summed E-state index contributed by atoms with van der Waals surface area (Å²) in [7, 11) is 0. The average molecular weight is 446 g/mol. The van der Waals surface area contributed by atoms with Gasteiger partial charge in [0.25, 0.3) is 11.1 Å². The van der Waals surface area contributed by atoms with Crippen molar-refractivity contribution < 1.29 is 19.1 Å². The Morgan fingerprint density at radius 2 is 1.80 bits per heavy atom. The first-order valence-electron chi connectivity index (χ1n) is 9.84. The third kappa shape index (κ3) is 5.18. The fourth-order valence-corrected chi connectivity index (χ4v) is 3.99. The van der Waals surface area contributed by atoms with Crippen LogP contribution in [-0.2, 0) is 11.4 Å². The van der Waals surface area contributed by atoms with Crippen LogP contribution in [0.15, 0.2) is 47.4 Å². The molecule has 1 aliphatic heterocycles. The number of hydrogen-bond donors (Lipinski definition) is 0. The molecule has 30 heavy (non-hydrogen) atoms. The molecule has 5 nitrogen and oxygen atoms in total. The van der Waals surface area contributed by atoms with Crippen molar-refractivity contribution in [3.05, 3.63) is 63.5 Å². The van der Waals surface area contributed by atoms with Gasteiger partial charge in [0.05, 0.1) is 11.5 Å². The van der Waals surface area contributed by atoms with Crippen LogP contribution in [-0.4, -0.2) is 28.7 Å². The number of nitrogens with zero attached hydrogens (tertiary/aromatic N) is 1. The molecule has 2 aromatic rings. The van der Waals surface area contributed by atoms with Gasteiger partial charge in [-0.25, -0.2) is 0 Å². The van der Waals surface area contributed by atoms with Gasteiger partial charge in [0, 0.05) is 11.1 Å². The highest BCUT2D eigenvalue weighted by atomic mass is 35.5. The maximum absolute atomic E-state index is 12.6. The van der Waals surface area contributed by atoms with Crippen molar-refractivity contribution in [1.29, 1.82) is 0 Å². The van der Waals surface area contributed by atoms with E-state index in [0.29, 0.717) is 34.6 Å². The third-order valence-electron chi connectivity index (χ3n) is 4.73. The first-order chi connectivity index (χ1) is 14.4. The number of rotatable bonds is 8. The number of carbonyl (C=O) groups excluding carboxylic acids is 2. The molecule has 0 aromatic heterocycles. The van der Waals surface area contributed by atoms with Crippen LogP contribution in [0, 0.1) is 0 Å². The van der Waals surface area contributed by atoms with Gasteiger partial charge >= 0.3 is 0 Å². The lowest BCUT2D eigenvalue weighted by atomic mass is 10.1. The van der Waals surface area contributed by atoms with Crippen molar-refractivity contribution in [2.24, 2.45) is 0 Å². The highest BCUT2D eigenvalue weighted by Crippen LogP contribution is 2.36. The summed E-state index contributed by atoms with van der Waals surface area (Å²) in [5, 5.41) is 0.449. The second-order valence-corrected chi connectivity index (χ2v) is 8.29. The molecule has 7 heteroatoms. The van der Waals surface area contributed by atoms with Crippen molar-refractivity contribution in [2.75, 3.05) is 6.61 Å². The topological polar surface area (TPSA) is 55.8 Å². The van der Waals surface area contributed by atoms with E-state index in [1.165, 1.54) is 4.90 Å². The van der Waals surface area contributed by atoms with E-state index in [1.807, 2.05) is 63.2 Å². The molecule has 0 radical (unpaired) electrons. The van der Waals surface area contributed by atoms with Crippen molar-refractivity contribution in [3.63, 3.8) is 0 Å². The van der Waals surface area contributed by atoms with Crippen molar-refractivity contribution in [1.82, 2.24) is 4.90 Å². The quantitative estimate of drug-likeness (QED) is 0.456. The first kappa shape index (κ1) is 22.2. The molecule has 0 aliphatic carbocycles. The van der Waals surface area contributed by atoms with Gasteiger partial charge < -0.3 is 9.47 Å². The van der Waals surface area contributed by atoms with Crippen LogP contribution in [0.5, 0.6) is 11.5 Å². The van der Waals surface area contributed by atoms with Crippen LogP contribution in [0.1, 0.15) is 38.3 Å². The zero-order valence-electron chi connectivity index (χ0n) is 17.2. The van der Waals surface area contributed by atoms with Gasteiger partial charge in [-0.05, 0) is 73.5 Å². The normalized spacial score (nSPS) is 16.3. The lowest BCUT2D eigenvalue weighted by Crippen LogP contribution is -2.36. The highest BCUT2D eigenvalue weighted by molar-refractivity contribution is 8.18. The lowest BCUT2D eigenvalue weighted by molar-refractivity contribution is -0.124. The number of ether oxygens (including phenoxy) is 2. The van der Waals surface area contributed by atoms with Gasteiger partial charge in [-0.15, -0.1) is 0 Å². The molecule has 0 unspecified atom stereocenters. The molecule has 2 aromatic carbocycles. The van der Waals surface area contributed by atoms with Gasteiger partial charge in [0.2, 0.25) is 0 Å². The monoisotopic (exact) mass is 445 g/mol. The van der Waals surface area contributed by atoms with Crippen LogP contribution >= 0.6 is 23.4 Å². The Kier molecular flexibility index (Phi) is 7.45. The minimum absolute atomic E-state index is 0.119. The Morgan fingerprint density at radius 1 is 1.07 bits per heavy atom. The summed E-state index contributed by atoms with van der Waals surface area (Å²) >= 11 is 6.89. The molecule has 2 amide bonds. The molecule has 1 aliphatic rings. The Morgan fingerprint density at radius 3 is 2.47 bits per heavy atom. The Labute approximate surface area is 186 Å². The van der Waals surface area contributed by atoms with E-state index in [4.69, 9.17) is 21.1 Å². The van der Waals surface area contributed by atoms with Crippen molar-refractivity contribution >= 4 is 40.6 Å². The first-order valence-corrected chi connectivity index (χ1v) is 11.0. The van der Waals surface area contributed by atoms with Crippen molar-refractivity contribution in [3.8, 4) is 11.5 Å². The van der Waals surface area contributed by atoms with Crippen LogP contribution in [0.4, 0.5) is 4.79 Å². The second-order valence-electron chi connectivity index (χ2n) is 6.86. The molecule has 1 fully saturated rings. The molecule has 0 bridgehead atoms. The molecule has 0 N–H and O–H groups in total. The number of imide groups is 1. The molecule has 3 rings (SSSR count). The summed E-state index contributed by atoms with van der Waals surface area (Å²) in [5.41, 5.74) is 1.76. The number of carbonyl (C=O) groups is 2. The summed E-state index contributed by atoms with van der Waals surface area (Å²) in [6.07, 6.45) is 2.44. The number of benzene rings is 2. The Balaban J connectivity index is 1.79. The number of thioether (sulfide) groups is 1. The van der Waals surface area contributed by atoms with E-state index >= 15 is 0 Å². The molecule has 1 atom stereocenters.